The van der Waals surface area contributed by atoms with E-state index in [0.717, 1.165) is 15.8 Å². The molecule has 4 amide bonds. The van der Waals surface area contributed by atoms with E-state index in [4.69, 9.17) is 6.42 Å². The summed E-state index contributed by atoms with van der Waals surface area (Å²) in [6.45, 7) is 0.354. The van der Waals surface area contributed by atoms with Crippen LogP contribution in [0.15, 0.2) is 64.8 Å². The second-order valence-corrected chi connectivity index (χ2v) is 7.29. The molecule has 2 heterocycles. The van der Waals surface area contributed by atoms with Crippen molar-refractivity contribution in [3.8, 4) is 12.3 Å². The standard InChI is InChI=1S/C22H14BrN3O3/c1-2-10-25-13-14(17-8-3-4-9-19(17)25)11-18-20(27)24-22(29)26(21(18)28)16-7-5-6-15(23)12-16/h1,3-9,11-13H,10H2,(H,24,27,29)/b18-11-. The van der Waals surface area contributed by atoms with E-state index in [1.54, 1.807) is 30.5 Å². The second kappa shape index (κ2) is 7.41. The van der Waals surface area contributed by atoms with Crippen LogP contribution in [0.5, 0.6) is 0 Å². The van der Waals surface area contributed by atoms with Crippen molar-refractivity contribution in [2.45, 2.75) is 6.54 Å². The van der Waals surface area contributed by atoms with E-state index in [-0.39, 0.29) is 5.57 Å². The molecule has 1 saturated heterocycles. The van der Waals surface area contributed by atoms with Crippen LogP contribution in [0.4, 0.5) is 10.5 Å². The number of carbonyl (C=O) groups excluding carboxylic acids is 3. The molecule has 0 bridgehead atoms. The molecular weight excluding hydrogens is 434 g/mol. The first-order valence-electron chi connectivity index (χ1n) is 8.68. The highest BCUT2D eigenvalue weighted by atomic mass is 79.9. The molecule has 0 saturated carbocycles. The van der Waals surface area contributed by atoms with E-state index in [1.165, 1.54) is 6.08 Å². The highest BCUT2D eigenvalue weighted by molar-refractivity contribution is 9.10. The summed E-state index contributed by atoms with van der Waals surface area (Å²) in [7, 11) is 0. The molecule has 3 aromatic rings. The molecule has 0 aliphatic carbocycles. The monoisotopic (exact) mass is 447 g/mol. The predicted molar refractivity (Wildman–Crippen MR) is 114 cm³/mol. The normalized spacial score (nSPS) is 15.7. The summed E-state index contributed by atoms with van der Waals surface area (Å²) in [6, 6.07) is 13.5. The quantitative estimate of drug-likeness (QED) is 0.378. The number of hydrogen-bond acceptors (Lipinski definition) is 3. The van der Waals surface area contributed by atoms with Crippen molar-refractivity contribution < 1.29 is 14.4 Å². The average Bonchev–Trinajstić information content (AvgIpc) is 3.03. The number of barbiturate groups is 1. The maximum atomic E-state index is 13.1. The number of nitrogens with one attached hydrogen (secondary N) is 1. The lowest BCUT2D eigenvalue weighted by atomic mass is 10.1. The number of rotatable bonds is 3. The Morgan fingerprint density at radius 3 is 2.66 bits per heavy atom. The number of para-hydroxylation sites is 1. The summed E-state index contributed by atoms with van der Waals surface area (Å²) in [5.74, 6) is 1.16. The lowest BCUT2D eigenvalue weighted by Gasteiger charge is -2.26. The van der Waals surface area contributed by atoms with Gasteiger partial charge in [0.25, 0.3) is 11.8 Å². The fraction of sp³-hybridized carbons (Fsp3) is 0.0455. The lowest BCUT2D eigenvalue weighted by Crippen LogP contribution is -2.54. The molecule has 1 aliphatic heterocycles. The van der Waals surface area contributed by atoms with Gasteiger partial charge in [0.1, 0.15) is 5.57 Å². The lowest BCUT2D eigenvalue weighted by molar-refractivity contribution is -0.122. The van der Waals surface area contributed by atoms with Crippen LogP contribution in [0.1, 0.15) is 5.56 Å². The molecule has 142 valence electrons. The molecule has 4 rings (SSSR count). The van der Waals surface area contributed by atoms with E-state index in [0.29, 0.717) is 22.3 Å². The molecule has 2 aromatic carbocycles. The first-order chi connectivity index (χ1) is 14.0. The van der Waals surface area contributed by atoms with Gasteiger partial charge in [-0.3, -0.25) is 14.9 Å². The van der Waals surface area contributed by atoms with Crippen molar-refractivity contribution in [2.24, 2.45) is 0 Å². The van der Waals surface area contributed by atoms with Crippen LogP contribution in [0.25, 0.3) is 17.0 Å². The fourth-order valence-corrected chi connectivity index (χ4v) is 3.67. The summed E-state index contributed by atoms with van der Waals surface area (Å²) in [5.41, 5.74) is 1.78. The molecule has 6 nitrogen and oxygen atoms in total. The zero-order valence-electron chi connectivity index (χ0n) is 15.1. The zero-order valence-corrected chi connectivity index (χ0v) is 16.6. The Morgan fingerprint density at radius 1 is 1.10 bits per heavy atom. The van der Waals surface area contributed by atoms with Gasteiger partial charge in [0.05, 0.1) is 12.2 Å². The summed E-state index contributed by atoms with van der Waals surface area (Å²) in [4.78, 5) is 38.8. The van der Waals surface area contributed by atoms with Gasteiger partial charge in [-0.25, -0.2) is 9.69 Å². The Bertz CT molecular complexity index is 1250. The van der Waals surface area contributed by atoms with Crippen LogP contribution in [-0.2, 0) is 16.1 Å². The van der Waals surface area contributed by atoms with Crippen molar-refractivity contribution in [3.05, 3.63) is 70.3 Å². The largest absolute Gasteiger partial charge is 0.335 e. The van der Waals surface area contributed by atoms with Gasteiger partial charge in [0, 0.05) is 27.1 Å². The van der Waals surface area contributed by atoms with E-state index in [2.05, 4.69) is 27.2 Å². The minimum absolute atomic E-state index is 0.131. The second-order valence-electron chi connectivity index (χ2n) is 6.37. The van der Waals surface area contributed by atoms with Crippen LogP contribution in [0, 0.1) is 12.3 Å². The third-order valence-electron chi connectivity index (χ3n) is 4.55. The molecule has 0 unspecified atom stereocenters. The minimum atomic E-state index is -0.787. The molecule has 7 heteroatoms. The number of urea groups is 1. The number of anilines is 1. The maximum absolute atomic E-state index is 13.1. The van der Waals surface area contributed by atoms with Crippen molar-refractivity contribution in [1.82, 2.24) is 9.88 Å². The number of fused-ring (bicyclic) bond motifs is 1. The van der Waals surface area contributed by atoms with E-state index in [9.17, 15) is 14.4 Å². The fourth-order valence-electron chi connectivity index (χ4n) is 3.28. The van der Waals surface area contributed by atoms with E-state index < -0.39 is 17.8 Å². The average molecular weight is 448 g/mol. The molecule has 0 atom stereocenters. The number of imide groups is 2. The number of carbonyl (C=O) groups is 3. The van der Waals surface area contributed by atoms with E-state index >= 15 is 0 Å². The number of hydrogen-bond donors (Lipinski definition) is 1. The van der Waals surface area contributed by atoms with Crippen LogP contribution >= 0.6 is 15.9 Å². The molecule has 0 radical (unpaired) electrons. The Balaban J connectivity index is 1.82. The third kappa shape index (κ3) is 3.35. The highest BCUT2D eigenvalue weighted by Crippen LogP contribution is 2.27. The number of nitrogens with zero attached hydrogens (tertiary/aromatic N) is 2. The van der Waals surface area contributed by atoms with Gasteiger partial charge in [-0.05, 0) is 30.3 Å². The van der Waals surface area contributed by atoms with Gasteiger partial charge in [-0.1, -0.05) is 46.1 Å². The number of aromatic nitrogens is 1. The first kappa shape index (κ1) is 18.7. The topological polar surface area (TPSA) is 71.4 Å². The van der Waals surface area contributed by atoms with Gasteiger partial charge in [-0.15, -0.1) is 6.42 Å². The Morgan fingerprint density at radius 2 is 1.90 bits per heavy atom. The summed E-state index contributed by atoms with van der Waals surface area (Å²) < 4.78 is 2.57. The smallest absolute Gasteiger partial charge is 0.335 e. The van der Waals surface area contributed by atoms with Crippen molar-refractivity contribution in [2.75, 3.05) is 4.90 Å². The molecule has 29 heavy (non-hydrogen) atoms. The van der Waals surface area contributed by atoms with Crippen LogP contribution < -0.4 is 10.2 Å². The minimum Gasteiger partial charge on any atom is -0.335 e. The molecule has 1 N–H and O–H groups in total. The van der Waals surface area contributed by atoms with Crippen molar-refractivity contribution >= 4 is 56.4 Å². The SMILES string of the molecule is C#CCn1cc(/C=C2/C(=O)NC(=O)N(c3cccc(Br)c3)C2=O)c2ccccc21. The molecule has 1 aliphatic rings. The molecule has 1 fully saturated rings. The molecule has 0 spiro atoms. The summed E-state index contributed by atoms with van der Waals surface area (Å²) >= 11 is 3.32. The molecular formula is C22H14BrN3O3. The maximum Gasteiger partial charge on any atom is 0.335 e. The highest BCUT2D eigenvalue weighted by Gasteiger charge is 2.37. The third-order valence-corrected chi connectivity index (χ3v) is 5.04. The first-order valence-corrected chi connectivity index (χ1v) is 9.47. The van der Waals surface area contributed by atoms with Gasteiger partial charge < -0.3 is 4.57 Å². The van der Waals surface area contributed by atoms with Crippen LogP contribution in [-0.4, -0.2) is 22.4 Å². The predicted octanol–water partition coefficient (Wildman–Crippen LogP) is 3.70. The summed E-state index contributed by atoms with van der Waals surface area (Å²) in [5, 5.41) is 3.08. The number of terminal acetylenes is 1. The van der Waals surface area contributed by atoms with Crippen molar-refractivity contribution in [3.63, 3.8) is 0 Å². The van der Waals surface area contributed by atoms with Crippen LogP contribution in [0.3, 0.4) is 0 Å². The van der Waals surface area contributed by atoms with Gasteiger partial charge in [0.15, 0.2) is 0 Å². The number of amides is 4. The Kier molecular flexibility index (Phi) is 4.79. The zero-order chi connectivity index (χ0) is 20.5. The number of halogens is 1. The van der Waals surface area contributed by atoms with Gasteiger partial charge in [-0.2, -0.15) is 0 Å². The van der Waals surface area contributed by atoms with Crippen molar-refractivity contribution in [1.29, 1.82) is 0 Å². The Labute approximate surface area is 174 Å². The Hall–Kier alpha value is -3.63. The van der Waals surface area contributed by atoms with Gasteiger partial charge in [0.2, 0.25) is 0 Å². The van der Waals surface area contributed by atoms with Gasteiger partial charge >= 0.3 is 6.03 Å². The van der Waals surface area contributed by atoms with Crippen LogP contribution in [0.2, 0.25) is 0 Å². The number of benzene rings is 2. The molecule has 1 aromatic heterocycles. The van der Waals surface area contributed by atoms with E-state index in [1.807, 2.05) is 28.8 Å². The summed E-state index contributed by atoms with van der Waals surface area (Å²) in [6.07, 6.45) is 8.73.